The van der Waals surface area contributed by atoms with E-state index in [0.29, 0.717) is 5.33 Å². The first-order valence-corrected chi connectivity index (χ1v) is 19.3. The number of fused-ring (bicyclic) bond motifs is 2. The number of hydrogen-bond donors (Lipinski definition) is 0. The second-order valence-electron chi connectivity index (χ2n) is 12.3. The standard InChI is InChI=1S/C39H40BrNO2P/c40-28-36-33(39(42)43-38-34-23-14-25-41-24-13-15-29(37(34)41)27-35(36)38)22-11-4-12-26-44(30-16-5-1-6-17-30,31-18-7-2-8-19-31)32-20-9-3-10-21-32/h1-3,5-10,16-21,27H,4,11-15,22-26,28H2/q+1. The predicted octanol–water partition coefficient (Wildman–Crippen LogP) is 8.09. The number of anilines is 1. The Kier molecular flexibility index (Phi) is 8.74. The van der Waals surface area contributed by atoms with Gasteiger partial charge in [0.2, 0.25) is 0 Å². The molecule has 0 N–H and O–H groups in total. The van der Waals surface area contributed by atoms with E-state index in [0.717, 1.165) is 86.3 Å². The molecule has 0 spiro atoms. The van der Waals surface area contributed by atoms with Gasteiger partial charge in [-0.2, -0.15) is 0 Å². The van der Waals surface area contributed by atoms with Crippen LogP contribution in [0.4, 0.5) is 5.69 Å². The van der Waals surface area contributed by atoms with Gasteiger partial charge >= 0.3 is 5.63 Å². The van der Waals surface area contributed by atoms with E-state index in [-0.39, 0.29) is 5.63 Å². The minimum atomic E-state index is -1.83. The van der Waals surface area contributed by atoms with E-state index in [4.69, 9.17) is 4.42 Å². The topological polar surface area (TPSA) is 33.5 Å². The highest BCUT2D eigenvalue weighted by molar-refractivity contribution is 9.08. The summed E-state index contributed by atoms with van der Waals surface area (Å²) in [5.74, 6) is 0. The van der Waals surface area contributed by atoms with E-state index in [9.17, 15) is 4.79 Å². The lowest BCUT2D eigenvalue weighted by Gasteiger charge is -2.37. The fraction of sp³-hybridized carbons (Fsp3) is 0.308. The van der Waals surface area contributed by atoms with Gasteiger partial charge < -0.3 is 9.32 Å². The Balaban J connectivity index is 1.16. The molecule has 2 aliphatic heterocycles. The molecule has 3 heterocycles. The van der Waals surface area contributed by atoms with Crippen LogP contribution in [0.2, 0.25) is 0 Å². The zero-order valence-corrected chi connectivity index (χ0v) is 27.8. The van der Waals surface area contributed by atoms with Gasteiger partial charge in [0.15, 0.2) is 0 Å². The molecule has 2 aliphatic rings. The maximum absolute atomic E-state index is 13.5. The van der Waals surface area contributed by atoms with Crippen LogP contribution >= 0.6 is 23.2 Å². The summed E-state index contributed by atoms with van der Waals surface area (Å²) in [4.78, 5) is 16.0. The normalized spacial score (nSPS) is 14.5. The minimum Gasteiger partial charge on any atom is -0.422 e. The molecule has 0 fully saturated rings. The molecule has 0 saturated carbocycles. The summed E-state index contributed by atoms with van der Waals surface area (Å²) in [6, 6.07) is 35.7. The van der Waals surface area contributed by atoms with Gasteiger partial charge in [0.25, 0.3) is 0 Å². The van der Waals surface area contributed by atoms with Crippen molar-refractivity contribution in [2.75, 3.05) is 24.2 Å². The first-order valence-electron chi connectivity index (χ1n) is 16.2. The van der Waals surface area contributed by atoms with Crippen LogP contribution in [0.25, 0.3) is 11.0 Å². The first kappa shape index (κ1) is 29.5. The number of hydrogen-bond acceptors (Lipinski definition) is 3. The highest BCUT2D eigenvalue weighted by Gasteiger charge is 2.44. The van der Waals surface area contributed by atoms with E-state index in [1.165, 1.54) is 39.1 Å². The third-order valence-electron chi connectivity index (χ3n) is 9.75. The number of nitrogens with zero attached hydrogens (tertiary/aromatic N) is 1. The number of alkyl halides is 1. The number of aryl methyl sites for hydroxylation is 2. The summed E-state index contributed by atoms with van der Waals surface area (Å²) < 4.78 is 6.19. The molecule has 0 bridgehead atoms. The summed E-state index contributed by atoms with van der Waals surface area (Å²) in [5.41, 5.74) is 6.74. The van der Waals surface area contributed by atoms with E-state index >= 15 is 0 Å². The van der Waals surface area contributed by atoms with Crippen LogP contribution in [-0.4, -0.2) is 19.3 Å². The van der Waals surface area contributed by atoms with E-state index in [1.54, 1.807) is 0 Å². The van der Waals surface area contributed by atoms with Crippen molar-refractivity contribution in [2.24, 2.45) is 0 Å². The summed E-state index contributed by atoms with van der Waals surface area (Å²) >= 11 is 3.77. The van der Waals surface area contributed by atoms with Crippen LogP contribution in [0.3, 0.4) is 0 Å². The van der Waals surface area contributed by atoms with Gasteiger partial charge in [-0.05, 0) is 105 Å². The molecule has 0 aliphatic carbocycles. The molecule has 4 aromatic carbocycles. The van der Waals surface area contributed by atoms with Crippen molar-refractivity contribution in [3.63, 3.8) is 0 Å². The van der Waals surface area contributed by atoms with Crippen LogP contribution in [0.1, 0.15) is 54.4 Å². The second-order valence-corrected chi connectivity index (χ2v) is 16.4. The van der Waals surface area contributed by atoms with Crippen molar-refractivity contribution in [2.45, 2.75) is 56.7 Å². The largest absolute Gasteiger partial charge is 0.422 e. The average Bonchev–Trinajstić information content (AvgIpc) is 3.08. The molecule has 44 heavy (non-hydrogen) atoms. The van der Waals surface area contributed by atoms with Crippen molar-refractivity contribution in [1.29, 1.82) is 0 Å². The van der Waals surface area contributed by atoms with Crippen molar-refractivity contribution in [3.05, 3.63) is 130 Å². The number of benzene rings is 4. The molecule has 0 atom stereocenters. The fourth-order valence-electron chi connectivity index (χ4n) is 7.73. The van der Waals surface area contributed by atoms with E-state index < -0.39 is 7.26 Å². The van der Waals surface area contributed by atoms with Crippen LogP contribution < -0.4 is 26.4 Å². The Morgan fingerprint density at radius 3 is 1.91 bits per heavy atom. The molecular weight excluding hydrogens is 625 g/mol. The quantitative estimate of drug-likeness (QED) is 0.0655. The van der Waals surface area contributed by atoms with Crippen LogP contribution in [0.15, 0.2) is 106 Å². The maximum atomic E-state index is 13.5. The maximum Gasteiger partial charge on any atom is 0.339 e. The summed E-state index contributed by atoms with van der Waals surface area (Å²) in [6.07, 6.45) is 9.43. The van der Waals surface area contributed by atoms with E-state index in [1.807, 2.05) is 0 Å². The van der Waals surface area contributed by atoms with Crippen molar-refractivity contribution >= 4 is 55.8 Å². The van der Waals surface area contributed by atoms with Gasteiger partial charge in [0.05, 0.1) is 6.16 Å². The summed E-state index contributed by atoms with van der Waals surface area (Å²) in [7, 11) is -1.83. The lowest BCUT2D eigenvalue weighted by molar-refractivity contribution is 0.535. The van der Waals surface area contributed by atoms with Gasteiger partial charge in [-0.25, -0.2) is 4.79 Å². The molecule has 1 aromatic heterocycles. The molecule has 0 unspecified atom stereocenters. The van der Waals surface area contributed by atoms with Crippen LogP contribution in [0, 0.1) is 0 Å². The van der Waals surface area contributed by atoms with Gasteiger partial charge in [-0.3, -0.25) is 0 Å². The molecule has 7 rings (SSSR count). The van der Waals surface area contributed by atoms with Gasteiger partial charge in [-0.1, -0.05) is 70.5 Å². The smallest absolute Gasteiger partial charge is 0.339 e. The Hall–Kier alpha value is -3.20. The lowest BCUT2D eigenvalue weighted by Crippen LogP contribution is -2.34. The predicted molar refractivity (Wildman–Crippen MR) is 192 cm³/mol. The van der Waals surface area contributed by atoms with Gasteiger partial charge in [0, 0.05) is 40.6 Å². The second kappa shape index (κ2) is 13.0. The lowest BCUT2D eigenvalue weighted by atomic mass is 9.88. The van der Waals surface area contributed by atoms with Gasteiger partial charge in [-0.15, -0.1) is 0 Å². The zero-order chi connectivity index (χ0) is 29.9. The molecule has 0 amide bonds. The summed E-state index contributed by atoms with van der Waals surface area (Å²) in [6.45, 7) is 2.23. The first-order chi connectivity index (χ1) is 21.7. The van der Waals surface area contributed by atoms with Gasteiger partial charge in [0.1, 0.15) is 28.8 Å². The number of halogens is 1. The fourth-order valence-corrected chi connectivity index (χ4v) is 12.8. The molecule has 3 nitrogen and oxygen atoms in total. The highest BCUT2D eigenvalue weighted by Crippen LogP contribution is 2.56. The molecule has 0 saturated heterocycles. The zero-order valence-electron chi connectivity index (χ0n) is 25.3. The summed E-state index contributed by atoms with van der Waals surface area (Å²) in [5, 5.41) is 6.12. The Bertz CT molecular complexity index is 1700. The van der Waals surface area contributed by atoms with Crippen molar-refractivity contribution < 1.29 is 4.42 Å². The minimum absolute atomic E-state index is 0.143. The third kappa shape index (κ3) is 5.35. The van der Waals surface area contributed by atoms with Crippen molar-refractivity contribution in [3.8, 4) is 0 Å². The Morgan fingerprint density at radius 2 is 1.32 bits per heavy atom. The van der Waals surface area contributed by atoms with E-state index in [2.05, 4.69) is 118 Å². The molecule has 224 valence electrons. The average molecular weight is 666 g/mol. The Labute approximate surface area is 269 Å². The third-order valence-corrected chi connectivity index (χ3v) is 14.8. The molecule has 0 radical (unpaired) electrons. The van der Waals surface area contributed by atoms with Crippen LogP contribution in [-0.2, 0) is 24.6 Å². The van der Waals surface area contributed by atoms with Crippen molar-refractivity contribution in [1.82, 2.24) is 0 Å². The van der Waals surface area contributed by atoms with Crippen LogP contribution in [0.5, 0.6) is 0 Å². The number of rotatable bonds is 10. The SMILES string of the molecule is O=c1oc2c3c4c(cc2c(CBr)c1CCCCC[P+](c1ccccc1)(c1ccccc1)c1ccccc1)CCCN4CCC3. The monoisotopic (exact) mass is 664 g/mol. The molecule has 5 heteroatoms. The Morgan fingerprint density at radius 1 is 0.727 bits per heavy atom. The molecular formula is C39H40BrNO2P+. The highest BCUT2D eigenvalue weighted by atomic mass is 79.9. The molecule has 5 aromatic rings. The number of unbranched alkanes of at least 4 members (excludes halogenated alkanes) is 2.